The van der Waals surface area contributed by atoms with Crippen molar-refractivity contribution >= 4 is 73.7 Å². The molecule has 12 heteroatoms. The van der Waals surface area contributed by atoms with Gasteiger partial charge in [0, 0.05) is 21.2 Å². The molecular weight excluding hydrogens is 771 g/mol. The first kappa shape index (κ1) is 44.6. The number of hydrogen-bond acceptors (Lipinski definition) is 9. The Kier molecular flexibility index (Phi) is 19.3. The molecule has 1 saturated heterocycles. The lowest BCUT2D eigenvalue weighted by molar-refractivity contribution is -0.142. The molecule has 1 aliphatic heterocycles. The van der Waals surface area contributed by atoms with Gasteiger partial charge in [0.15, 0.2) is 17.3 Å². The molecule has 3 aromatic carbocycles. The Labute approximate surface area is 313 Å². The van der Waals surface area contributed by atoms with E-state index in [1.54, 1.807) is 58.0 Å². The molecule has 0 aromatic heterocycles. The van der Waals surface area contributed by atoms with Crippen molar-refractivity contribution in [2.45, 2.75) is 79.9 Å². The first-order valence-electron chi connectivity index (χ1n) is 16.1. The van der Waals surface area contributed by atoms with Crippen molar-refractivity contribution < 1.29 is 42.8 Å². The van der Waals surface area contributed by atoms with Crippen molar-refractivity contribution in [3.8, 4) is 0 Å². The van der Waals surface area contributed by atoms with Crippen LogP contribution in [0.15, 0.2) is 77.3 Å². The second-order valence-corrected chi connectivity index (χ2v) is 13.5. The molecular formula is C38H47BBr2O9. The van der Waals surface area contributed by atoms with Crippen molar-refractivity contribution in [3.63, 3.8) is 0 Å². The summed E-state index contributed by atoms with van der Waals surface area (Å²) in [4.78, 5) is 54.6. The van der Waals surface area contributed by atoms with Crippen molar-refractivity contribution in [2.24, 2.45) is 0 Å². The molecule has 0 atom stereocenters. The van der Waals surface area contributed by atoms with Crippen LogP contribution in [0.3, 0.4) is 0 Å². The Morgan fingerprint density at radius 1 is 0.660 bits per heavy atom. The Hall–Kier alpha value is -3.45. The number of carbonyl (C=O) groups is 5. The van der Waals surface area contributed by atoms with Gasteiger partial charge in [-0.1, -0.05) is 86.5 Å². The standard InChI is InChI=1S/C14H19BO3.C12H14O3.C8H7BrO.C4H7BrO2/c1-10(16)11-7-6-8-12(9-11)15-17-13(2,3)14(4,5)18-15;1-3-15-12(14)8-10-5-4-6-11(7-10)9(2)13;1-6(10)7-3-2-4-8(9)5-7;1-2-7-4(6)3-5/h6-9H,1-5H3;4-7H,3,8H2,1-2H3;2-5H,1H3;2-3H2,1H3. The van der Waals surface area contributed by atoms with Crippen molar-refractivity contribution in [1.29, 1.82) is 0 Å². The second kappa shape index (κ2) is 21.7. The van der Waals surface area contributed by atoms with Gasteiger partial charge in [-0.25, -0.2) is 0 Å². The van der Waals surface area contributed by atoms with E-state index in [1.165, 1.54) is 6.92 Å². The van der Waals surface area contributed by atoms with Gasteiger partial charge < -0.3 is 18.8 Å². The summed E-state index contributed by atoms with van der Waals surface area (Å²) in [6.45, 7) is 17.1. The molecule has 270 valence electrons. The molecule has 0 unspecified atom stereocenters. The minimum absolute atomic E-state index is 0.000656. The smallest absolute Gasteiger partial charge is 0.466 e. The maximum atomic E-state index is 11.4. The fourth-order valence-electron chi connectivity index (χ4n) is 4.07. The third-order valence-electron chi connectivity index (χ3n) is 7.45. The Morgan fingerprint density at radius 2 is 1.10 bits per heavy atom. The van der Waals surface area contributed by atoms with Gasteiger partial charge in [0.05, 0.1) is 30.8 Å². The summed E-state index contributed by atoms with van der Waals surface area (Å²) >= 11 is 6.22. The largest absolute Gasteiger partial charge is 0.494 e. The highest BCUT2D eigenvalue weighted by molar-refractivity contribution is 9.10. The Balaban J connectivity index is 0.000000353. The highest BCUT2D eigenvalue weighted by Gasteiger charge is 2.51. The van der Waals surface area contributed by atoms with Crippen LogP contribution in [-0.2, 0) is 34.8 Å². The maximum absolute atomic E-state index is 11.4. The fourth-order valence-corrected chi connectivity index (χ4v) is 4.63. The Morgan fingerprint density at radius 3 is 1.52 bits per heavy atom. The number of hydrogen-bond donors (Lipinski definition) is 0. The summed E-state index contributed by atoms with van der Waals surface area (Å²) in [5, 5.41) is 0.292. The lowest BCUT2D eigenvalue weighted by Gasteiger charge is -2.32. The zero-order valence-electron chi connectivity index (χ0n) is 30.3. The number of Topliss-reactive ketones (excluding diaryl/α,β-unsaturated/α-hetero) is 3. The molecule has 0 radical (unpaired) electrons. The first-order valence-corrected chi connectivity index (χ1v) is 18.0. The molecule has 1 aliphatic rings. The number of benzene rings is 3. The van der Waals surface area contributed by atoms with Crippen LogP contribution in [0, 0.1) is 0 Å². The van der Waals surface area contributed by atoms with Gasteiger partial charge in [0.1, 0.15) is 5.33 Å². The van der Waals surface area contributed by atoms with Crippen LogP contribution in [0.25, 0.3) is 0 Å². The van der Waals surface area contributed by atoms with Gasteiger partial charge in [0.25, 0.3) is 0 Å². The molecule has 1 heterocycles. The van der Waals surface area contributed by atoms with E-state index >= 15 is 0 Å². The molecule has 0 aliphatic carbocycles. The van der Waals surface area contributed by atoms with Crippen LogP contribution in [0.4, 0.5) is 0 Å². The maximum Gasteiger partial charge on any atom is 0.494 e. The fraction of sp³-hybridized carbons (Fsp3) is 0.395. The number of ketones is 3. The summed E-state index contributed by atoms with van der Waals surface area (Å²) in [7, 11) is -0.408. The lowest BCUT2D eigenvalue weighted by atomic mass is 9.78. The summed E-state index contributed by atoms with van der Waals surface area (Å²) in [5.41, 5.74) is 3.03. The van der Waals surface area contributed by atoms with Crippen LogP contribution in [-0.4, -0.2) is 66.2 Å². The molecule has 9 nitrogen and oxygen atoms in total. The van der Waals surface area contributed by atoms with Gasteiger partial charge in [-0.3, -0.25) is 24.0 Å². The molecule has 0 amide bonds. The molecule has 0 N–H and O–H groups in total. The number of esters is 2. The number of halogens is 2. The van der Waals surface area contributed by atoms with E-state index in [0.717, 1.165) is 21.1 Å². The third kappa shape index (κ3) is 15.6. The van der Waals surface area contributed by atoms with Gasteiger partial charge in [0.2, 0.25) is 0 Å². The number of alkyl halides is 1. The molecule has 0 saturated carbocycles. The third-order valence-corrected chi connectivity index (χ3v) is 8.40. The van der Waals surface area contributed by atoms with E-state index in [0.29, 0.717) is 29.7 Å². The van der Waals surface area contributed by atoms with E-state index in [1.807, 2.05) is 70.2 Å². The number of carbonyl (C=O) groups excluding carboxylic acids is 5. The molecule has 1 fully saturated rings. The van der Waals surface area contributed by atoms with E-state index in [4.69, 9.17) is 14.0 Å². The minimum atomic E-state index is -0.408. The topological polar surface area (TPSA) is 122 Å². The Bertz CT molecular complexity index is 1590. The number of ether oxygens (including phenoxy) is 2. The molecule has 0 bridgehead atoms. The van der Waals surface area contributed by atoms with Crippen molar-refractivity contribution in [3.05, 3.63) is 99.5 Å². The molecule has 3 aromatic rings. The zero-order chi connectivity index (χ0) is 38.1. The van der Waals surface area contributed by atoms with Crippen LogP contribution < -0.4 is 5.46 Å². The van der Waals surface area contributed by atoms with Crippen molar-refractivity contribution in [1.82, 2.24) is 0 Å². The average Bonchev–Trinajstić information content (AvgIpc) is 3.28. The highest BCUT2D eigenvalue weighted by Crippen LogP contribution is 2.36. The molecule has 0 spiro atoms. The second-order valence-electron chi connectivity index (χ2n) is 12.0. The molecule has 4 rings (SSSR count). The lowest BCUT2D eigenvalue weighted by Crippen LogP contribution is -2.41. The van der Waals surface area contributed by atoms with E-state index in [-0.39, 0.29) is 46.9 Å². The van der Waals surface area contributed by atoms with Gasteiger partial charge >= 0.3 is 19.1 Å². The van der Waals surface area contributed by atoms with Crippen molar-refractivity contribution in [2.75, 3.05) is 18.5 Å². The van der Waals surface area contributed by atoms with Gasteiger partial charge in [-0.15, -0.1) is 0 Å². The van der Waals surface area contributed by atoms with E-state index in [9.17, 15) is 24.0 Å². The van der Waals surface area contributed by atoms with E-state index in [2.05, 4.69) is 36.6 Å². The van der Waals surface area contributed by atoms with Crippen LogP contribution in [0.1, 0.15) is 99.0 Å². The predicted molar refractivity (Wildman–Crippen MR) is 204 cm³/mol. The predicted octanol–water partition coefficient (Wildman–Crippen LogP) is 7.78. The summed E-state index contributed by atoms with van der Waals surface area (Å²) in [5.74, 6) is -0.323. The first-order chi connectivity index (χ1) is 23.4. The number of rotatable bonds is 9. The van der Waals surface area contributed by atoms with Gasteiger partial charge in [-0.05, 0) is 91.5 Å². The van der Waals surface area contributed by atoms with Crippen LogP contribution in [0.5, 0.6) is 0 Å². The summed E-state index contributed by atoms with van der Waals surface area (Å²) < 4.78 is 22.2. The zero-order valence-corrected chi connectivity index (χ0v) is 33.4. The quantitative estimate of drug-likeness (QED) is 0.0923. The summed E-state index contributed by atoms with van der Waals surface area (Å²) in [6.07, 6.45) is 0.217. The van der Waals surface area contributed by atoms with Gasteiger partial charge in [-0.2, -0.15) is 0 Å². The van der Waals surface area contributed by atoms with Crippen LogP contribution in [0.2, 0.25) is 0 Å². The molecule has 50 heavy (non-hydrogen) atoms. The summed E-state index contributed by atoms with van der Waals surface area (Å²) in [6, 6.07) is 21.8. The normalized spacial score (nSPS) is 13.5. The highest BCUT2D eigenvalue weighted by atomic mass is 79.9. The minimum Gasteiger partial charge on any atom is -0.466 e. The monoisotopic (exact) mass is 816 g/mol. The van der Waals surface area contributed by atoms with Crippen LogP contribution >= 0.6 is 31.9 Å². The average molecular weight is 818 g/mol. The SMILES string of the molecule is CC(=O)c1cccc(B2OC(C)(C)C(C)(C)O2)c1.CC(=O)c1cccc(Br)c1.CCOC(=O)CBr.CCOC(=O)Cc1cccc(C(C)=O)c1. The van der Waals surface area contributed by atoms with E-state index < -0.39 is 7.12 Å².